The Morgan fingerprint density at radius 1 is 0.886 bits per heavy atom. The van der Waals surface area contributed by atoms with Crippen LogP contribution in [-0.2, 0) is 14.2 Å². The number of likely N-dealkylation sites (tertiary alicyclic amines) is 1. The molecule has 0 bridgehead atoms. The summed E-state index contributed by atoms with van der Waals surface area (Å²) in [6, 6.07) is 0. The molecule has 5 heteroatoms. The molecule has 0 aromatic heterocycles. The number of aliphatic hydroxyl groups excluding tert-OH is 1. The third-order valence-electron chi connectivity index (χ3n) is 10.2. The molecule has 1 saturated heterocycles. The summed E-state index contributed by atoms with van der Waals surface area (Å²) in [4.78, 5) is 2.58. The van der Waals surface area contributed by atoms with Crippen LogP contribution in [0, 0.1) is 17.8 Å². The van der Waals surface area contributed by atoms with E-state index in [2.05, 4.69) is 11.8 Å². The third kappa shape index (κ3) is 6.34. The predicted molar refractivity (Wildman–Crippen MR) is 139 cm³/mol. The predicted octanol–water partition coefficient (Wildman–Crippen LogP) is 5.50. The Hall–Kier alpha value is -0.460. The molecular weight excluding hydrogens is 438 g/mol. The van der Waals surface area contributed by atoms with E-state index >= 15 is 0 Å². The van der Waals surface area contributed by atoms with E-state index < -0.39 is 0 Å². The Morgan fingerprint density at radius 2 is 1.60 bits per heavy atom. The second kappa shape index (κ2) is 12.4. The van der Waals surface area contributed by atoms with Crippen molar-refractivity contribution in [2.75, 3.05) is 33.4 Å². The Bertz CT molecular complexity index is 688. The topological polar surface area (TPSA) is 51.2 Å². The van der Waals surface area contributed by atoms with Crippen molar-refractivity contribution in [3.8, 4) is 0 Å². The quantitative estimate of drug-likeness (QED) is 0.479. The van der Waals surface area contributed by atoms with Crippen molar-refractivity contribution in [1.82, 2.24) is 4.90 Å². The van der Waals surface area contributed by atoms with Gasteiger partial charge < -0.3 is 24.2 Å². The van der Waals surface area contributed by atoms with Gasteiger partial charge in [0.25, 0.3) is 0 Å². The lowest BCUT2D eigenvalue weighted by atomic mass is 9.67. The van der Waals surface area contributed by atoms with E-state index in [-0.39, 0.29) is 12.2 Å². The lowest BCUT2D eigenvalue weighted by molar-refractivity contribution is -0.114. The van der Waals surface area contributed by atoms with Crippen LogP contribution in [0.3, 0.4) is 0 Å². The van der Waals surface area contributed by atoms with Crippen molar-refractivity contribution in [1.29, 1.82) is 0 Å². The maximum atomic E-state index is 10.2. The maximum Gasteiger partial charge on any atom is 0.0822 e. The van der Waals surface area contributed by atoms with E-state index in [1.54, 1.807) is 11.1 Å². The van der Waals surface area contributed by atoms with Gasteiger partial charge in [0, 0.05) is 26.0 Å². The van der Waals surface area contributed by atoms with Crippen molar-refractivity contribution in [3.05, 3.63) is 11.1 Å². The largest absolute Gasteiger partial charge is 0.393 e. The number of piperidine rings is 1. The highest BCUT2D eigenvalue weighted by Gasteiger charge is 2.45. The Kier molecular flexibility index (Phi) is 9.26. The van der Waals surface area contributed by atoms with Gasteiger partial charge in [-0.3, -0.25) is 0 Å². The van der Waals surface area contributed by atoms with Crippen LogP contribution in [0.15, 0.2) is 11.1 Å². The molecule has 4 fully saturated rings. The average molecular weight is 490 g/mol. The molecule has 1 N–H and O–H groups in total. The number of aliphatic hydroxyl groups is 1. The first-order valence-electron chi connectivity index (χ1n) is 15.0. The normalized spacial score (nSPS) is 41.6. The van der Waals surface area contributed by atoms with Gasteiger partial charge in [0.05, 0.1) is 37.1 Å². The van der Waals surface area contributed by atoms with Gasteiger partial charge in [-0.15, -0.1) is 0 Å². The molecule has 5 aliphatic rings. The van der Waals surface area contributed by atoms with Gasteiger partial charge in [0.15, 0.2) is 0 Å². The average Bonchev–Trinajstić information content (AvgIpc) is 2.90. The summed E-state index contributed by atoms with van der Waals surface area (Å²) in [6.45, 7) is 6.94. The molecule has 0 amide bonds. The Morgan fingerprint density at radius 3 is 2.31 bits per heavy atom. The zero-order valence-electron chi connectivity index (χ0n) is 22.5. The molecule has 200 valence electrons. The fraction of sp³-hybridized carbons (Fsp3) is 0.933. The van der Waals surface area contributed by atoms with Crippen LogP contribution in [0.1, 0.15) is 96.8 Å². The number of hydrogen-bond donors (Lipinski definition) is 1. The number of nitrogens with zero attached hydrogens (tertiary/aromatic N) is 1. The Balaban J connectivity index is 1.21. The monoisotopic (exact) mass is 489 g/mol. The number of fused-ring (bicyclic) bond motifs is 1. The van der Waals surface area contributed by atoms with E-state index in [9.17, 15) is 5.11 Å². The van der Waals surface area contributed by atoms with Crippen molar-refractivity contribution in [2.24, 2.45) is 17.8 Å². The first kappa shape index (κ1) is 26.2. The SMILES string of the molecule is COC1CCC2C(C)=C(C3CCC(O)CC3)[C@H](C3CCC(OCCN4CCCCC4)CC3)OC2C1. The summed E-state index contributed by atoms with van der Waals surface area (Å²) in [5.41, 5.74) is 3.28. The molecule has 0 spiro atoms. The first-order chi connectivity index (χ1) is 17.1. The summed E-state index contributed by atoms with van der Waals surface area (Å²) >= 11 is 0. The van der Waals surface area contributed by atoms with Crippen LogP contribution in [0.4, 0.5) is 0 Å². The summed E-state index contributed by atoms with van der Waals surface area (Å²) < 4.78 is 19.2. The van der Waals surface area contributed by atoms with Gasteiger partial charge in [-0.2, -0.15) is 0 Å². The standard InChI is InChI=1S/C30H51NO4/c1-21-27-15-14-26(33-2)20-28(27)35-30(29(21)22-6-10-24(32)11-7-22)23-8-12-25(13-9-23)34-19-18-31-16-4-3-5-17-31/h22-28,30,32H,3-20H2,1-2H3/t22?,23?,24?,25?,26?,27?,28?,30-/m0/s1. The minimum Gasteiger partial charge on any atom is -0.393 e. The molecule has 5 nitrogen and oxygen atoms in total. The molecule has 0 aromatic rings. The minimum absolute atomic E-state index is 0.0995. The zero-order chi connectivity index (χ0) is 24.2. The third-order valence-corrected chi connectivity index (χ3v) is 10.2. The lowest BCUT2D eigenvalue weighted by Gasteiger charge is -2.49. The molecule has 5 rings (SSSR count). The van der Waals surface area contributed by atoms with Crippen LogP contribution >= 0.6 is 0 Å². The number of methoxy groups -OCH3 is 1. The van der Waals surface area contributed by atoms with Crippen LogP contribution < -0.4 is 0 Å². The summed E-state index contributed by atoms with van der Waals surface area (Å²) in [7, 11) is 1.86. The van der Waals surface area contributed by atoms with Gasteiger partial charge >= 0.3 is 0 Å². The number of hydrogen-bond acceptors (Lipinski definition) is 5. The molecule has 2 heterocycles. The molecule has 35 heavy (non-hydrogen) atoms. The van der Waals surface area contributed by atoms with E-state index in [1.807, 2.05) is 7.11 Å². The molecule has 4 atom stereocenters. The van der Waals surface area contributed by atoms with Crippen LogP contribution in [0.25, 0.3) is 0 Å². The fourth-order valence-electron chi connectivity index (χ4n) is 8.05. The minimum atomic E-state index is -0.0995. The molecule has 2 aliphatic heterocycles. The molecule has 3 unspecified atom stereocenters. The first-order valence-corrected chi connectivity index (χ1v) is 15.0. The van der Waals surface area contributed by atoms with Gasteiger partial charge in [0.2, 0.25) is 0 Å². The van der Waals surface area contributed by atoms with Gasteiger partial charge in [0.1, 0.15) is 0 Å². The van der Waals surface area contributed by atoms with Crippen LogP contribution in [-0.4, -0.2) is 73.9 Å². The van der Waals surface area contributed by atoms with Crippen molar-refractivity contribution >= 4 is 0 Å². The van der Waals surface area contributed by atoms with Crippen molar-refractivity contribution in [3.63, 3.8) is 0 Å². The van der Waals surface area contributed by atoms with Crippen LogP contribution in [0.2, 0.25) is 0 Å². The molecular formula is C30H51NO4. The van der Waals surface area contributed by atoms with Crippen molar-refractivity contribution in [2.45, 2.75) is 127 Å². The molecule has 0 radical (unpaired) electrons. The van der Waals surface area contributed by atoms with Gasteiger partial charge in [-0.1, -0.05) is 12.0 Å². The lowest BCUT2D eigenvalue weighted by Crippen LogP contribution is -2.47. The Labute approximate surface area is 213 Å². The maximum absolute atomic E-state index is 10.2. The smallest absolute Gasteiger partial charge is 0.0822 e. The summed E-state index contributed by atoms with van der Waals surface area (Å²) in [5.74, 6) is 1.77. The number of rotatable bonds is 7. The van der Waals surface area contributed by atoms with E-state index in [1.165, 1.54) is 64.5 Å². The molecule has 0 aromatic carbocycles. The molecule has 3 saturated carbocycles. The van der Waals surface area contributed by atoms with E-state index in [0.29, 0.717) is 36.1 Å². The summed E-state index contributed by atoms with van der Waals surface area (Å²) in [5, 5.41) is 10.2. The van der Waals surface area contributed by atoms with E-state index in [0.717, 1.165) is 51.7 Å². The second-order valence-electron chi connectivity index (χ2n) is 12.3. The highest BCUT2D eigenvalue weighted by Crippen LogP contribution is 2.48. The fourth-order valence-corrected chi connectivity index (χ4v) is 8.05. The van der Waals surface area contributed by atoms with Gasteiger partial charge in [-0.05, 0) is 114 Å². The summed E-state index contributed by atoms with van der Waals surface area (Å²) in [6.07, 6.45) is 17.7. The highest BCUT2D eigenvalue weighted by atomic mass is 16.5. The van der Waals surface area contributed by atoms with Crippen LogP contribution in [0.5, 0.6) is 0 Å². The zero-order valence-corrected chi connectivity index (χ0v) is 22.5. The number of ether oxygens (including phenoxy) is 3. The molecule has 3 aliphatic carbocycles. The highest BCUT2D eigenvalue weighted by molar-refractivity contribution is 5.28. The second-order valence-corrected chi connectivity index (χ2v) is 12.3. The van der Waals surface area contributed by atoms with Crippen molar-refractivity contribution < 1.29 is 19.3 Å². The van der Waals surface area contributed by atoms with Gasteiger partial charge in [-0.25, -0.2) is 0 Å². The van der Waals surface area contributed by atoms with E-state index in [4.69, 9.17) is 14.2 Å².